The van der Waals surface area contributed by atoms with Gasteiger partial charge in [-0.2, -0.15) is 0 Å². The number of ether oxygens (including phenoxy) is 4. The lowest BCUT2D eigenvalue weighted by Crippen LogP contribution is -2.55. The molecule has 0 radical (unpaired) electrons. The van der Waals surface area contributed by atoms with Crippen molar-refractivity contribution in [1.29, 1.82) is 0 Å². The molecule has 1 aliphatic heterocycles. The molecular formula is C20H38O4. The first-order valence-corrected chi connectivity index (χ1v) is 9.89. The van der Waals surface area contributed by atoms with Gasteiger partial charge in [0.05, 0.1) is 0 Å². The lowest BCUT2D eigenvalue weighted by Gasteiger charge is -2.43. The molecule has 0 bridgehead atoms. The van der Waals surface area contributed by atoms with Crippen LogP contribution < -0.4 is 0 Å². The highest BCUT2D eigenvalue weighted by Gasteiger charge is 2.44. The molecule has 1 heterocycles. The van der Waals surface area contributed by atoms with Gasteiger partial charge in [0, 0.05) is 19.8 Å². The second-order valence-corrected chi connectivity index (χ2v) is 6.55. The van der Waals surface area contributed by atoms with E-state index < -0.39 is 0 Å². The fourth-order valence-corrected chi connectivity index (χ4v) is 2.87. The number of hydrogen-bond acceptors (Lipinski definition) is 4. The van der Waals surface area contributed by atoms with E-state index in [1.807, 2.05) is 0 Å². The summed E-state index contributed by atoms with van der Waals surface area (Å²) in [6.07, 6.45) is 6.89. The molecular weight excluding hydrogens is 304 g/mol. The highest BCUT2D eigenvalue weighted by atomic mass is 16.6. The van der Waals surface area contributed by atoms with Crippen LogP contribution in [0.2, 0.25) is 0 Å². The molecule has 3 unspecified atom stereocenters. The maximum Gasteiger partial charge on any atom is 0.143 e. The predicted octanol–water partition coefficient (Wildman–Crippen LogP) is 4.86. The van der Waals surface area contributed by atoms with E-state index in [0.717, 1.165) is 58.2 Å². The number of hydrogen-bond donors (Lipinski definition) is 0. The van der Waals surface area contributed by atoms with Gasteiger partial charge in [0.2, 0.25) is 0 Å². The van der Waals surface area contributed by atoms with E-state index in [4.69, 9.17) is 18.9 Å². The van der Waals surface area contributed by atoms with Crippen molar-refractivity contribution in [1.82, 2.24) is 0 Å². The lowest BCUT2D eigenvalue weighted by molar-refractivity contribution is -0.206. The average Bonchev–Trinajstić information content (AvgIpc) is 2.58. The Bertz CT molecular complexity index is 332. The monoisotopic (exact) mass is 342 g/mol. The standard InChI is InChI=1S/C20H38O4/c1-6-10-13-21-18-16(5)24-17(9-4)19(22-14-11-7-2)20(18)23-15-12-8-3/h17-20H,5-15H2,1-4H3/t17?,18?,19-,20?/m1/s1. The van der Waals surface area contributed by atoms with E-state index in [1.54, 1.807) is 0 Å². The minimum atomic E-state index is -0.233. The molecule has 0 aliphatic carbocycles. The van der Waals surface area contributed by atoms with Gasteiger partial charge in [-0.1, -0.05) is 53.5 Å². The third kappa shape index (κ3) is 6.73. The van der Waals surface area contributed by atoms with Crippen molar-refractivity contribution >= 4 is 0 Å². The molecule has 1 saturated heterocycles. The van der Waals surface area contributed by atoms with Gasteiger partial charge in [-0.15, -0.1) is 0 Å². The van der Waals surface area contributed by atoms with Crippen molar-refractivity contribution in [3.63, 3.8) is 0 Å². The lowest BCUT2D eigenvalue weighted by atomic mass is 9.95. The van der Waals surface area contributed by atoms with Crippen molar-refractivity contribution in [2.45, 2.75) is 97.1 Å². The summed E-state index contributed by atoms with van der Waals surface area (Å²) in [7, 11) is 0. The molecule has 0 saturated carbocycles. The molecule has 0 aromatic carbocycles. The first kappa shape index (κ1) is 21.5. The summed E-state index contributed by atoms with van der Waals surface area (Å²) in [6.45, 7) is 14.9. The first-order chi connectivity index (χ1) is 11.7. The van der Waals surface area contributed by atoms with Crippen LogP contribution in [0.3, 0.4) is 0 Å². The molecule has 1 rings (SSSR count). The maximum absolute atomic E-state index is 6.22. The Morgan fingerprint density at radius 2 is 1.29 bits per heavy atom. The van der Waals surface area contributed by atoms with Crippen molar-refractivity contribution in [2.75, 3.05) is 19.8 Å². The SMILES string of the molecule is C=C1OC(CC)[C@@H](OCCCC)C(OCCCC)C1OCCCC. The fourth-order valence-electron chi connectivity index (χ4n) is 2.87. The predicted molar refractivity (Wildman–Crippen MR) is 98.2 cm³/mol. The topological polar surface area (TPSA) is 36.9 Å². The van der Waals surface area contributed by atoms with Gasteiger partial charge in [0.1, 0.15) is 30.2 Å². The number of unbranched alkanes of at least 4 members (excludes halogenated alkanes) is 3. The van der Waals surface area contributed by atoms with Crippen LogP contribution >= 0.6 is 0 Å². The zero-order valence-electron chi connectivity index (χ0n) is 16.2. The Morgan fingerprint density at radius 1 is 0.792 bits per heavy atom. The molecule has 4 heteroatoms. The summed E-state index contributed by atoms with van der Waals surface area (Å²) in [4.78, 5) is 0. The third-order valence-electron chi connectivity index (χ3n) is 4.42. The zero-order valence-corrected chi connectivity index (χ0v) is 16.2. The van der Waals surface area contributed by atoms with Crippen molar-refractivity contribution < 1.29 is 18.9 Å². The Balaban J connectivity index is 2.81. The van der Waals surface area contributed by atoms with Crippen LogP contribution in [0.25, 0.3) is 0 Å². The van der Waals surface area contributed by atoms with Gasteiger partial charge < -0.3 is 18.9 Å². The van der Waals surface area contributed by atoms with Crippen molar-refractivity contribution in [3.05, 3.63) is 12.3 Å². The Labute approximate surface area is 148 Å². The van der Waals surface area contributed by atoms with E-state index >= 15 is 0 Å². The summed E-state index contributed by atoms with van der Waals surface area (Å²) >= 11 is 0. The molecule has 0 N–H and O–H groups in total. The van der Waals surface area contributed by atoms with Crippen LogP contribution in [-0.2, 0) is 18.9 Å². The van der Waals surface area contributed by atoms with Crippen LogP contribution in [-0.4, -0.2) is 44.2 Å². The quantitative estimate of drug-likeness (QED) is 0.448. The molecule has 142 valence electrons. The van der Waals surface area contributed by atoms with Crippen molar-refractivity contribution in [2.24, 2.45) is 0 Å². The normalized spacial score (nSPS) is 27.2. The van der Waals surface area contributed by atoms with Gasteiger partial charge in [0.25, 0.3) is 0 Å². The molecule has 0 amide bonds. The minimum Gasteiger partial charge on any atom is -0.490 e. The molecule has 4 nitrogen and oxygen atoms in total. The van der Waals surface area contributed by atoms with Crippen molar-refractivity contribution in [3.8, 4) is 0 Å². The molecule has 0 spiro atoms. The number of rotatable bonds is 13. The van der Waals surface area contributed by atoms with Crippen LogP contribution in [0, 0.1) is 0 Å². The minimum absolute atomic E-state index is 0.00740. The summed E-state index contributed by atoms with van der Waals surface area (Å²) in [6, 6.07) is 0. The summed E-state index contributed by atoms with van der Waals surface area (Å²) in [5, 5.41) is 0. The second-order valence-electron chi connectivity index (χ2n) is 6.55. The van der Waals surface area contributed by atoms with E-state index in [2.05, 4.69) is 34.3 Å². The van der Waals surface area contributed by atoms with Gasteiger partial charge >= 0.3 is 0 Å². The Morgan fingerprint density at radius 3 is 1.79 bits per heavy atom. The molecule has 1 fully saturated rings. The van der Waals surface area contributed by atoms with E-state index in [0.29, 0.717) is 12.4 Å². The Hall–Kier alpha value is -0.580. The molecule has 4 atom stereocenters. The molecule has 24 heavy (non-hydrogen) atoms. The highest BCUT2D eigenvalue weighted by Crippen LogP contribution is 2.31. The maximum atomic E-state index is 6.22. The smallest absolute Gasteiger partial charge is 0.143 e. The largest absolute Gasteiger partial charge is 0.490 e. The first-order valence-electron chi connectivity index (χ1n) is 9.89. The van der Waals surface area contributed by atoms with Gasteiger partial charge in [-0.25, -0.2) is 0 Å². The summed E-state index contributed by atoms with van der Waals surface area (Å²) in [5.41, 5.74) is 0. The van der Waals surface area contributed by atoms with Gasteiger partial charge in [-0.05, 0) is 25.7 Å². The van der Waals surface area contributed by atoms with E-state index in [9.17, 15) is 0 Å². The zero-order chi connectivity index (χ0) is 17.8. The van der Waals surface area contributed by atoms with Crippen LogP contribution in [0.1, 0.15) is 72.6 Å². The van der Waals surface area contributed by atoms with Gasteiger partial charge in [0.15, 0.2) is 0 Å². The molecule has 0 aromatic rings. The third-order valence-corrected chi connectivity index (χ3v) is 4.42. The van der Waals surface area contributed by atoms with Crippen LogP contribution in [0.15, 0.2) is 12.3 Å². The van der Waals surface area contributed by atoms with E-state index in [-0.39, 0.29) is 24.4 Å². The summed E-state index contributed by atoms with van der Waals surface area (Å²) in [5.74, 6) is 0.690. The van der Waals surface area contributed by atoms with E-state index in [1.165, 1.54) is 0 Å². The summed E-state index contributed by atoms with van der Waals surface area (Å²) < 4.78 is 24.5. The van der Waals surface area contributed by atoms with Crippen LogP contribution in [0.4, 0.5) is 0 Å². The Kier molecular flexibility index (Phi) is 11.4. The fraction of sp³-hybridized carbons (Fsp3) is 0.900. The second kappa shape index (κ2) is 12.7. The molecule has 0 aromatic heterocycles. The average molecular weight is 343 g/mol. The molecule has 1 aliphatic rings. The van der Waals surface area contributed by atoms with Gasteiger partial charge in [-0.3, -0.25) is 0 Å². The highest BCUT2D eigenvalue weighted by molar-refractivity contribution is 5.07. The van der Waals surface area contributed by atoms with Crippen LogP contribution in [0.5, 0.6) is 0 Å².